The number of anilines is 1. The van der Waals surface area contributed by atoms with Gasteiger partial charge in [0.1, 0.15) is 5.69 Å². The quantitative estimate of drug-likeness (QED) is 0.679. The molecule has 1 heterocycles. The van der Waals surface area contributed by atoms with Gasteiger partial charge in [0.05, 0.1) is 10.5 Å². The number of hydrogen-bond acceptors (Lipinski definition) is 4. The molecule has 1 aliphatic heterocycles. The van der Waals surface area contributed by atoms with Crippen LogP contribution in [0.1, 0.15) is 37.0 Å². The van der Waals surface area contributed by atoms with E-state index in [2.05, 4.69) is 6.92 Å². The summed E-state index contributed by atoms with van der Waals surface area (Å²) in [6.07, 6.45) is 1.97. The Morgan fingerprint density at radius 3 is 2.70 bits per heavy atom. The van der Waals surface area contributed by atoms with Gasteiger partial charge >= 0.3 is 5.97 Å². The Hall–Kier alpha value is -2.11. The maximum atomic E-state index is 11.2. The molecule has 20 heavy (non-hydrogen) atoms. The SMILES string of the molecule is CC1CCN(c2ccc(C(=O)O)cc2[N+](=O)[O-])C(C)C1. The van der Waals surface area contributed by atoms with Gasteiger partial charge in [-0.05, 0) is 37.8 Å². The molecule has 0 radical (unpaired) electrons. The van der Waals surface area contributed by atoms with Crippen LogP contribution in [0, 0.1) is 16.0 Å². The van der Waals surface area contributed by atoms with Crippen LogP contribution in [-0.2, 0) is 0 Å². The fraction of sp³-hybridized carbons (Fsp3) is 0.500. The minimum atomic E-state index is -1.15. The first-order valence-corrected chi connectivity index (χ1v) is 6.68. The normalized spacial score (nSPS) is 22.6. The predicted molar refractivity (Wildman–Crippen MR) is 75.3 cm³/mol. The van der Waals surface area contributed by atoms with Gasteiger partial charge in [0, 0.05) is 18.7 Å². The molecule has 1 fully saturated rings. The molecule has 2 atom stereocenters. The minimum absolute atomic E-state index is 0.0570. The number of carbonyl (C=O) groups is 1. The van der Waals surface area contributed by atoms with Gasteiger partial charge in [-0.1, -0.05) is 6.92 Å². The molecule has 2 rings (SSSR count). The third kappa shape index (κ3) is 2.74. The van der Waals surface area contributed by atoms with Crippen LogP contribution in [-0.4, -0.2) is 28.6 Å². The van der Waals surface area contributed by atoms with Crippen molar-refractivity contribution < 1.29 is 14.8 Å². The molecule has 1 aliphatic rings. The Labute approximate surface area is 117 Å². The minimum Gasteiger partial charge on any atom is -0.478 e. The second-order valence-electron chi connectivity index (χ2n) is 5.44. The van der Waals surface area contributed by atoms with Gasteiger partial charge in [-0.15, -0.1) is 0 Å². The fourth-order valence-corrected chi connectivity index (χ4v) is 2.81. The highest BCUT2D eigenvalue weighted by molar-refractivity contribution is 5.89. The summed E-state index contributed by atoms with van der Waals surface area (Å²) in [6.45, 7) is 4.98. The van der Waals surface area contributed by atoms with E-state index in [0.717, 1.165) is 25.5 Å². The number of rotatable bonds is 3. The number of carboxylic acids is 1. The van der Waals surface area contributed by atoms with Gasteiger partial charge in [-0.2, -0.15) is 0 Å². The van der Waals surface area contributed by atoms with Gasteiger partial charge in [0.15, 0.2) is 0 Å². The molecule has 0 saturated carbocycles. The summed E-state index contributed by atoms with van der Waals surface area (Å²) >= 11 is 0. The Bertz CT molecular complexity index is 544. The lowest BCUT2D eigenvalue weighted by molar-refractivity contribution is -0.384. The summed E-state index contributed by atoms with van der Waals surface area (Å²) in [5.41, 5.74) is 0.323. The molecule has 1 aromatic carbocycles. The Morgan fingerprint density at radius 1 is 1.45 bits per heavy atom. The summed E-state index contributed by atoms with van der Waals surface area (Å²) < 4.78 is 0. The maximum absolute atomic E-state index is 11.2. The molecule has 0 aliphatic carbocycles. The number of carboxylic acid groups (broad SMARTS) is 1. The molecule has 1 aromatic rings. The van der Waals surface area contributed by atoms with Crippen molar-refractivity contribution >= 4 is 17.3 Å². The fourth-order valence-electron chi connectivity index (χ4n) is 2.81. The van der Waals surface area contributed by atoms with Gasteiger partial charge in [0.2, 0.25) is 0 Å². The zero-order valence-corrected chi connectivity index (χ0v) is 11.6. The van der Waals surface area contributed by atoms with E-state index in [9.17, 15) is 14.9 Å². The lowest BCUT2D eigenvalue weighted by Gasteiger charge is -2.37. The molecular weight excluding hydrogens is 260 g/mol. The van der Waals surface area contributed by atoms with Crippen LogP contribution in [0.4, 0.5) is 11.4 Å². The van der Waals surface area contributed by atoms with E-state index in [1.54, 1.807) is 6.07 Å². The van der Waals surface area contributed by atoms with E-state index in [4.69, 9.17) is 5.11 Å². The first kappa shape index (κ1) is 14.3. The summed E-state index contributed by atoms with van der Waals surface area (Å²) in [4.78, 5) is 23.6. The van der Waals surface area contributed by atoms with E-state index < -0.39 is 10.9 Å². The zero-order chi connectivity index (χ0) is 14.9. The van der Waals surface area contributed by atoms with Crippen LogP contribution in [0.2, 0.25) is 0 Å². The molecular formula is C14H18N2O4. The van der Waals surface area contributed by atoms with Crippen molar-refractivity contribution in [1.29, 1.82) is 0 Å². The largest absolute Gasteiger partial charge is 0.478 e. The summed E-state index contributed by atoms with van der Waals surface area (Å²) in [6, 6.07) is 4.33. The van der Waals surface area contributed by atoms with E-state index in [1.165, 1.54) is 6.07 Å². The number of benzene rings is 1. The highest BCUT2D eigenvalue weighted by atomic mass is 16.6. The third-order valence-electron chi connectivity index (χ3n) is 3.87. The molecule has 2 unspecified atom stereocenters. The van der Waals surface area contributed by atoms with Gasteiger partial charge < -0.3 is 10.0 Å². The van der Waals surface area contributed by atoms with Gasteiger partial charge in [-0.3, -0.25) is 10.1 Å². The van der Waals surface area contributed by atoms with E-state index >= 15 is 0 Å². The molecule has 6 nitrogen and oxygen atoms in total. The van der Waals surface area contributed by atoms with Crippen molar-refractivity contribution in [3.63, 3.8) is 0 Å². The first-order chi connectivity index (χ1) is 9.40. The van der Waals surface area contributed by atoms with E-state index in [1.807, 2.05) is 11.8 Å². The average Bonchev–Trinajstić information content (AvgIpc) is 2.38. The molecule has 0 spiro atoms. The Kier molecular flexibility index (Phi) is 3.92. The summed E-state index contributed by atoms with van der Waals surface area (Å²) in [7, 11) is 0. The maximum Gasteiger partial charge on any atom is 0.335 e. The van der Waals surface area contributed by atoms with Gasteiger partial charge in [-0.25, -0.2) is 4.79 Å². The second-order valence-corrected chi connectivity index (χ2v) is 5.44. The molecule has 6 heteroatoms. The van der Waals surface area contributed by atoms with Crippen LogP contribution in [0.25, 0.3) is 0 Å². The highest BCUT2D eigenvalue weighted by Crippen LogP contribution is 2.34. The van der Waals surface area contributed by atoms with Crippen LogP contribution < -0.4 is 4.90 Å². The number of nitro benzene ring substituents is 1. The van der Waals surface area contributed by atoms with Gasteiger partial charge in [0.25, 0.3) is 5.69 Å². The van der Waals surface area contributed by atoms with Crippen LogP contribution in [0.15, 0.2) is 18.2 Å². The van der Waals surface area contributed by atoms with Crippen molar-refractivity contribution in [3.8, 4) is 0 Å². The predicted octanol–water partition coefficient (Wildman–Crippen LogP) is 2.92. The first-order valence-electron chi connectivity index (χ1n) is 6.68. The number of nitrogens with zero attached hydrogens (tertiary/aromatic N) is 2. The molecule has 108 valence electrons. The monoisotopic (exact) mass is 278 g/mol. The summed E-state index contributed by atoms with van der Waals surface area (Å²) in [5, 5.41) is 20.1. The molecule has 1 saturated heterocycles. The summed E-state index contributed by atoms with van der Waals surface area (Å²) in [5.74, 6) is -0.543. The number of piperidine rings is 1. The zero-order valence-electron chi connectivity index (χ0n) is 11.6. The number of hydrogen-bond donors (Lipinski definition) is 1. The van der Waals surface area contributed by atoms with Crippen LogP contribution in [0.5, 0.6) is 0 Å². The average molecular weight is 278 g/mol. The third-order valence-corrected chi connectivity index (χ3v) is 3.87. The van der Waals surface area contributed by atoms with E-state index in [-0.39, 0.29) is 17.3 Å². The second kappa shape index (κ2) is 5.48. The van der Waals surface area contributed by atoms with Crippen LogP contribution in [0.3, 0.4) is 0 Å². The van der Waals surface area contributed by atoms with Crippen LogP contribution >= 0.6 is 0 Å². The van der Waals surface area contributed by atoms with E-state index in [0.29, 0.717) is 11.6 Å². The molecule has 0 bridgehead atoms. The molecule has 1 N–H and O–H groups in total. The lowest BCUT2D eigenvalue weighted by Crippen LogP contribution is -2.40. The van der Waals surface area contributed by atoms with Crippen molar-refractivity contribution in [2.45, 2.75) is 32.7 Å². The molecule has 0 aromatic heterocycles. The van der Waals surface area contributed by atoms with Crippen molar-refractivity contribution in [1.82, 2.24) is 0 Å². The molecule has 0 amide bonds. The van der Waals surface area contributed by atoms with Crippen molar-refractivity contribution in [2.24, 2.45) is 5.92 Å². The number of nitro groups is 1. The Balaban J connectivity index is 2.40. The Morgan fingerprint density at radius 2 is 2.15 bits per heavy atom. The lowest BCUT2D eigenvalue weighted by atomic mass is 9.92. The van der Waals surface area contributed by atoms with Crippen molar-refractivity contribution in [3.05, 3.63) is 33.9 Å². The topological polar surface area (TPSA) is 83.7 Å². The highest BCUT2D eigenvalue weighted by Gasteiger charge is 2.28. The smallest absolute Gasteiger partial charge is 0.335 e. The standard InChI is InChI=1S/C14H18N2O4/c1-9-5-6-15(10(2)7-9)12-4-3-11(14(17)18)8-13(12)16(19)20/h3-4,8-10H,5-7H2,1-2H3,(H,17,18). The van der Waals surface area contributed by atoms with Crippen molar-refractivity contribution in [2.75, 3.05) is 11.4 Å². The number of aromatic carboxylic acids is 1.